The standard InChI is InChI=1S/C9H14F3N2O2/c10-9(11,12)4-2-6-13-5-1-3-8(7-13)14(15)16/h3,8H,1-2,4-7H2. The summed E-state index contributed by atoms with van der Waals surface area (Å²) in [5.41, 5.74) is 0. The van der Waals surface area contributed by atoms with Crippen LogP contribution in [0, 0.1) is 16.5 Å². The van der Waals surface area contributed by atoms with Gasteiger partial charge in [0.15, 0.2) is 0 Å². The highest BCUT2D eigenvalue weighted by Gasteiger charge is 2.30. The van der Waals surface area contributed by atoms with Crippen LogP contribution in [0.2, 0.25) is 0 Å². The highest BCUT2D eigenvalue weighted by Crippen LogP contribution is 2.22. The van der Waals surface area contributed by atoms with Crippen molar-refractivity contribution in [2.24, 2.45) is 0 Å². The van der Waals surface area contributed by atoms with Crippen molar-refractivity contribution in [1.29, 1.82) is 0 Å². The molecule has 0 saturated carbocycles. The molecular weight excluding hydrogens is 225 g/mol. The Bertz CT molecular complexity index is 245. The SMILES string of the molecule is O=[N+]([O-])C1[CH]CCN(CCCC(F)(F)F)C1. The molecule has 1 atom stereocenters. The second-order valence-electron chi connectivity index (χ2n) is 3.90. The third-order valence-corrected chi connectivity index (χ3v) is 2.53. The third kappa shape index (κ3) is 4.78. The Morgan fingerprint density at radius 1 is 1.50 bits per heavy atom. The van der Waals surface area contributed by atoms with E-state index >= 15 is 0 Å². The van der Waals surface area contributed by atoms with Gasteiger partial charge in [-0.15, -0.1) is 0 Å². The van der Waals surface area contributed by atoms with Gasteiger partial charge < -0.3 is 0 Å². The summed E-state index contributed by atoms with van der Waals surface area (Å²) in [6.07, 6.45) is -2.77. The number of piperidine rings is 1. The number of halogens is 3. The quantitative estimate of drug-likeness (QED) is 0.556. The summed E-state index contributed by atoms with van der Waals surface area (Å²) in [4.78, 5) is 11.8. The first kappa shape index (κ1) is 13.2. The van der Waals surface area contributed by atoms with E-state index in [1.807, 2.05) is 0 Å². The minimum absolute atomic E-state index is 0.00787. The van der Waals surface area contributed by atoms with E-state index in [2.05, 4.69) is 0 Å². The second kappa shape index (κ2) is 5.47. The largest absolute Gasteiger partial charge is 0.389 e. The molecule has 0 bridgehead atoms. The summed E-state index contributed by atoms with van der Waals surface area (Å²) in [7, 11) is 0. The normalized spacial score (nSPS) is 23.3. The predicted octanol–water partition coefficient (Wildman–Crippen LogP) is 1.88. The van der Waals surface area contributed by atoms with Crippen molar-refractivity contribution >= 4 is 0 Å². The summed E-state index contributed by atoms with van der Waals surface area (Å²) in [6.45, 7) is 1.12. The van der Waals surface area contributed by atoms with Crippen molar-refractivity contribution in [3.05, 3.63) is 16.5 Å². The van der Waals surface area contributed by atoms with Crippen LogP contribution in [0.1, 0.15) is 19.3 Å². The van der Waals surface area contributed by atoms with Crippen molar-refractivity contribution in [1.82, 2.24) is 4.90 Å². The molecular formula is C9H14F3N2O2. The minimum atomic E-state index is -4.13. The lowest BCUT2D eigenvalue weighted by atomic mass is 10.1. The van der Waals surface area contributed by atoms with E-state index < -0.39 is 23.6 Å². The van der Waals surface area contributed by atoms with E-state index in [-0.39, 0.29) is 19.5 Å². The van der Waals surface area contributed by atoms with E-state index in [1.54, 1.807) is 11.3 Å². The molecule has 4 nitrogen and oxygen atoms in total. The monoisotopic (exact) mass is 239 g/mol. The van der Waals surface area contributed by atoms with Gasteiger partial charge in [-0.1, -0.05) is 0 Å². The fourth-order valence-electron chi connectivity index (χ4n) is 1.74. The summed E-state index contributed by atoms with van der Waals surface area (Å²) in [5, 5.41) is 10.5. The van der Waals surface area contributed by atoms with Crippen molar-refractivity contribution in [3.8, 4) is 0 Å². The molecule has 1 unspecified atom stereocenters. The number of nitrogens with zero attached hydrogens (tertiary/aromatic N) is 2. The van der Waals surface area contributed by atoms with Crippen LogP contribution >= 0.6 is 0 Å². The zero-order valence-electron chi connectivity index (χ0n) is 8.74. The number of hydrogen-bond acceptors (Lipinski definition) is 3. The smallest absolute Gasteiger partial charge is 0.297 e. The molecule has 1 aliphatic rings. The van der Waals surface area contributed by atoms with Crippen molar-refractivity contribution in [3.63, 3.8) is 0 Å². The van der Waals surface area contributed by atoms with Gasteiger partial charge in [-0.3, -0.25) is 15.0 Å². The molecule has 1 heterocycles. The molecule has 0 N–H and O–H groups in total. The average Bonchev–Trinajstić information content (AvgIpc) is 2.16. The van der Waals surface area contributed by atoms with E-state index in [9.17, 15) is 23.3 Å². The molecule has 0 amide bonds. The maximum absolute atomic E-state index is 11.9. The van der Waals surface area contributed by atoms with E-state index in [0.717, 1.165) is 0 Å². The molecule has 93 valence electrons. The van der Waals surface area contributed by atoms with Gasteiger partial charge >= 0.3 is 6.18 Å². The van der Waals surface area contributed by atoms with Crippen LogP contribution in [0.15, 0.2) is 0 Å². The Morgan fingerprint density at radius 3 is 2.75 bits per heavy atom. The van der Waals surface area contributed by atoms with Crippen molar-refractivity contribution < 1.29 is 18.1 Å². The number of hydrogen-bond donors (Lipinski definition) is 0. The molecule has 0 aromatic rings. The second-order valence-corrected chi connectivity index (χ2v) is 3.90. The van der Waals surface area contributed by atoms with E-state index in [1.165, 1.54) is 0 Å². The summed E-state index contributed by atoms with van der Waals surface area (Å²) < 4.78 is 35.6. The summed E-state index contributed by atoms with van der Waals surface area (Å²) in [6, 6.07) is -0.736. The predicted molar refractivity (Wildman–Crippen MR) is 51.4 cm³/mol. The van der Waals surface area contributed by atoms with Gasteiger partial charge in [0.25, 0.3) is 0 Å². The number of nitro groups is 1. The molecule has 1 fully saturated rings. The summed E-state index contributed by atoms with van der Waals surface area (Å²) >= 11 is 0. The zero-order chi connectivity index (χ0) is 12.2. The van der Waals surface area contributed by atoms with Crippen LogP contribution in [0.4, 0.5) is 13.2 Å². The Kier molecular flexibility index (Phi) is 4.52. The first-order valence-electron chi connectivity index (χ1n) is 5.14. The maximum Gasteiger partial charge on any atom is 0.389 e. The lowest BCUT2D eigenvalue weighted by molar-refractivity contribution is -0.516. The topological polar surface area (TPSA) is 46.4 Å². The molecule has 0 spiro atoms. The van der Waals surface area contributed by atoms with E-state index in [4.69, 9.17) is 0 Å². The van der Waals surface area contributed by atoms with Crippen LogP contribution in [0.5, 0.6) is 0 Å². The Labute approximate surface area is 91.6 Å². The lowest BCUT2D eigenvalue weighted by Crippen LogP contribution is -2.43. The van der Waals surface area contributed by atoms with Gasteiger partial charge in [0.1, 0.15) is 0 Å². The molecule has 1 radical (unpaired) electrons. The van der Waals surface area contributed by atoms with Gasteiger partial charge in [0, 0.05) is 17.8 Å². The van der Waals surface area contributed by atoms with Crippen LogP contribution < -0.4 is 0 Å². The Hall–Kier alpha value is -0.850. The zero-order valence-corrected chi connectivity index (χ0v) is 8.74. The highest BCUT2D eigenvalue weighted by atomic mass is 19.4. The van der Waals surface area contributed by atoms with Crippen molar-refractivity contribution in [2.75, 3.05) is 19.6 Å². The molecule has 1 rings (SSSR count). The molecule has 7 heteroatoms. The fraction of sp³-hybridized carbons (Fsp3) is 0.889. The highest BCUT2D eigenvalue weighted by molar-refractivity contribution is 4.85. The van der Waals surface area contributed by atoms with Crippen LogP contribution in [0.3, 0.4) is 0 Å². The van der Waals surface area contributed by atoms with Gasteiger partial charge in [-0.25, -0.2) is 0 Å². The lowest BCUT2D eigenvalue weighted by Gasteiger charge is -2.28. The minimum Gasteiger partial charge on any atom is -0.297 e. The third-order valence-electron chi connectivity index (χ3n) is 2.53. The number of likely N-dealkylation sites (tertiary alicyclic amines) is 1. The Morgan fingerprint density at radius 2 is 2.19 bits per heavy atom. The summed E-state index contributed by atoms with van der Waals surface area (Å²) in [5.74, 6) is 0. The molecule has 1 saturated heterocycles. The van der Waals surface area contributed by atoms with Gasteiger partial charge in [0.2, 0.25) is 6.04 Å². The van der Waals surface area contributed by atoms with Gasteiger partial charge in [-0.2, -0.15) is 13.2 Å². The molecule has 1 aliphatic heterocycles. The number of alkyl halides is 3. The van der Waals surface area contributed by atoms with Gasteiger partial charge in [0.05, 0.1) is 6.54 Å². The maximum atomic E-state index is 11.9. The van der Waals surface area contributed by atoms with Crippen LogP contribution in [-0.4, -0.2) is 41.7 Å². The fourth-order valence-corrected chi connectivity index (χ4v) is 1.74. The van der Waals surface area contributed by atoms with Crippen LogP contribution in [0.25, 0.3) is 0 Å². The first-order chi connectivity index (χ1) is 7.38. The molecule has 0 aliphatic carbocycles. The van der Waals surface area contributed by atoms with Crippen LogP contribution in [-0.2, 0) is 0 Å². The average molecular weight is 239 g/mol. The van der Waals surface area contributed by atoms with Gasteiger partial charge in [-0.05, 0) is 25.9 Å². The van der Waals surface area contributed by atoms with Crippen molar-refractivity contribution in [2.45, 2.75) is 31.5 Å². The number of rotatable bonds is 4. The first-order valence-corrected chi connectivity index (χ1v) is 5.14. The van der Waals surface area contributed by atoms with E-state index in [0.29, 0.717) is 13.0 Å². The molecule has 0 aromatic heterocycles. The molecule has 0 aromatic carbocycles. The molecule has 16 heavy (non-hydrogen) atoms. The Balaban J connectivity index is 2.24.